The van der Waals surface area contributed by atoms with Crippen LogP contribution >= 0.6 is 34.8 Å². The van der Waals surface area contributed by atoms with E-state index in [0.717, 1.165) is 0 Å². The summed E-state index contributed by atoms with van der Waals surface area (Å²) in [6.45, 7) is 0.780. The number of nitrogens with one attached hydrogen (secondary N) is 1. The van der Waals surface area contributed by atoms with Crippen LogP contribution in [0.3, 0.4) is 0 Å². The number of amides is 1. The molecule has 1 N–H and O–H groups in total. The predicted molar refractivity (Wildman–Crippen MR) is 72.5 cm³/mol. The molecule has 6 heteroatoms. The van der Waals surface area contributed by atoms with Gasteiger partial charge in [0.15, 0.2) is 0 Å². The summed E-state index contributed by atoms with van der Waals surface area (Å²) in [4.78, 5) is 11.5. The van der Waals surface area contributed by atoms with Crippen molar-refractivity contribution < 1.29 is 9.53 Å². The molecular weight excluding hydrogens is 296 g/mol. The molecular formula is C12H12Cl3NO2. The van der Waals surface area contributed by atoms with Crippen LogP contribution in [-0.2, 0) is 4.79 Å². The fourth-order valence-electron chi connectivity index (χ4n) is 1.52. The molecule has 0 heterocycles. The third-order valence-electron chi connectivity index (χ3n) is 2.61. The number of benzene rings is 1. The van der Waals surface area contributed by atoms with E-state index in [-0.39, 0.29) is 11.8 Å². The Balaban J connectivity index is 1.66. The van der Waals surface area contributed by atoms with Crippen molar-refractivity contribution in [1.29, 1.82) is 0 Å². The predicted octanol–water partition coefficient (Wildman–Crippen LogP) is 3.03. The van der Waals surface area contributed by atoms with E-state index >= 15 is 0 Å². The fourth-order valence-corrected chi connectivity index (χ4v) is 2.21. The van der Waals surface area contributed by atoms with E-state index in [1.54, 1.807) is 24.3 Å². The first-order valence-electron chi connectivity index (χ1n) is 5.53. The Kier molecular flexibility index (Phi) is 4.25. The van der Waals surface area contributed by atoms with Crippen molar-refractivity contribution in [1.82, 2.24) is 5.32 Å². The molecule has 1 aliphatic carbocycles. The summed E-state index contributed by atoms with van der Waals surface area (Å²) in [6.07, 6.45) is 0.511. The van der Waals surface area contributed by atoms with Crippen molar-refractivity contribution in [2.45, 2.75) is 10.8 Å². The zero-order valence-electron chi connectivity index (χ0n) is 9.46. The van der Waals surface area contributed by atoms with Gasteiger partial charge in [-0.25, -0.2) is 0 Å². The minimum Gasteiger partial charge on any atom is -0.492 e. The lowest BCUT2D eigenvalue weighted by molar-refractivity contribution is -0.122. The topological polar surface area (TPSA) is 38.3 Å². The van der Waals surface area contributed by atoms with Crippen molar-refractivity contribution in [2.24, 2.45) is 5.92 Å². The van der Waals surface area contributed by atoms with Crippen molar-refractivity contribution in [3.05, 3.63) is 29.3 Å². The molecule has 0 spiro atoms. The molecule has 0 saturated heterocycles. The largest absolute Gasteiger partial charge is 0.492 e. The van der Waals surface area contributed by atoms with Crippen LogP contribution in [0.5, 0.6) is 5.75 Å². The zero-order chi connectivity index (χ0) is 13.2. The Labute approximate surface area is 120 Å². The van der Waals surface area contributed by atoms with Gasteiger partial charge in [-0.3, -0.25) is 4.79 Å². The molecule has 1 unspecified atom stereocenters. The molecule has 3 nitrogen and oxygen atoms in total. The average Bonchev–Trinajstić information content (AvgIpc) is 2.94. The van der Waals surface area contributed by atoms with Crippen LogP contribution in [0, 0.1) is 5.92 Å². The SMILES string of the molecule is O=C(NCCOc1cccc(Cl)c1)C1CC1(Cl)Cl. The molecule has 1 atom stereocenters. The van der Waals surface area contributed by atoms with Crippen LogP contribution in [0.2, 0.25) is 5.02 Å². The second-order valence-corrected chi connectivity index (χ2v) is 6.09. The smallest absolute Gasteiger partial charge is 0.226 e. The first-order valence-corrected chi connectivity index (χ1v) is 6.66. The number of carbonyl (C=O) groups excluding carboxylic acids is 1. The van der Waals surface area contributed by atoms with Gasteiger partial charge in [0, 0.05) is 5.02 Å². The Hall–Kier alpha value is -0.640. The van der Waals surface area contributed by atoms with Crippen molar-refractivity contribution in [3.63, 3.8) is 0 Å². The maximum atomic E-state index is 11.5. The van der Waals surface area contributed by atoms with Crippen LogP contribution in [0.1, 0.15) is 6.42 Å². The van der Waals surface area contributed by atoms with Gasteiger partial charge >= 0.3 is 0 Å². The van der Waals surface area contributed by atoms with Crippen LogP contribution in [-0.4, -0.2) is 23.4 Å². The van der Waals surface area contributed by atoms with E-state index in [2.05, 4.69) is 5.32 Å². The molecule has 2 rings (SSSR count). The monoisotopic (exact) mass is 307 g/mol. The Morgan fingerprint density at radius 3 is 2.83 bits per heavy atom. The minimum atomic E-state index is -0.877. The normalized spacial score (nSPS) is 20.3. The number of rotatable bonds is 5. The molecule has 1 aliphatic rings. The molecule has 0 aromatic heterocycles. The summed E-state index contributed by atoms with van der Waals surface area (Å²) in [7, 11) is 0. The summed E-state index contributed by atoms with van der Waals surface area (Å²) in [5, 5.41) is 3.33. The summed E-state index contributed by atoms with van der Waals surface area (Å²) >= 11 is 17.4. The fraction of sp³-hybridized carbons (Fsp3) is 0.417. The van der Waals surface area contributed by atoms with Crippen LogP contribution in [0.15, 0.2) is 24.3 Å². The van der Waals surface area contributed by atoms with Gasteiger partial charge in [0.05, 0.1) is 12.5 Å². The average molecular weight is 309 g/mol. The van der Waals surface area contributed by atoms with Gasteiger partial charge in [-0.05, 0) is 24.6 Å². The lowest BCUT2D eigenvalue weighted by atomic mass is 10.3. The lowest BCUT2D eigenvalue weighted by Gasteiger charge is -2.08. The van der Waals surface area contributed by atoms with Gasteiger partial charge in [-0.2, -0.15) is 0 Å². The van der Waals surface area contributed by atoms with E-state index in [0.29, 0.717) is 30.3 Å². The van der Waals surface area contributed by atoms with Crippen LogP contribution < -0.4 is 10.1 Å². The van der Waals surface area contributed by atoms with Gasteiger partial charge < -0.3 is 10.1 Å². The minimum absolute atomic E-state index is 0.130. The maximum absolute atomic E-state index is 11.5. The first-order chi connectivity index (χ1) is 8.49. The standard InChI is InChI=1S/C12H12Cl3NO2/c13-8-2-1-3-9(6-8)18-5-4-16-11(17)10-7-12(10,14)15/h1-3,6,10H,4-5,7H2,(H,16,17). The van der Waals surface area contributed by atoms with E-state index in [9.17, 15) is 4.79 Å². The molecule has 1 aromatic rings. The molecule has 0 radical (unpaired) electrons. The van der Waals surface area contributed by atoms with Crippen molar-refractivity contribution in [2.75, 3.05) is 13.2 Å². The summed E-state index contributed by atoms with van der Waals surface area (Å²) < 4.78 is 4.55. The van der Waals surface area contributed by atoms with Gasteiger partial charge in [0.25, 0.3) is 0 Å². The highest BCUT2D eigenvalue weighted by molar-refractivity contribution is 6.52. The molecule has 1 fully saturated rings. The van der Waals surface area contributed by atoms with Gasteiger partial charge in [0.2, 0.25) is 5.91 Å². The zero-order valence-corrected chi connectivity index (χ0v) is 11.7. The van der Waals surface area contributed by atoms with E-state index in [1.807, 2.05) is 0 Å². The van der Waals surface area contributed by atoms with E-state index < -0.39 is 4.33 Å². The van der Waals surface area contributed by atoms with Crippen LogP contribution in [0.4, 0.5) is 0 Å². The van der Waals surface area contributed by atoms with Crippen molar-refractivity contribution >= 4 is 40.7 Å². The molecule has 1 aromatic carbocycles. The Bertz CT molecular complexity index is 451. The highest BCUT2D eigenvalue weighted by Crippen LogP contribution is 2.53. The molecule has 18 heavy (non-hydrogen) atoms. The highest BCUT2D eigenvalue weighted by Gasteiger charge is 2.56. The Morgan fingerprint density at radius 1 is 1.50 bits per heavy atom. The Morgan fingerprint density at radius 2 is 2.22 bits per heavy atom. The maximum Gasteiger partial charge on any atom is 0.226 e. The molecule has 98 valence electrons. The molecule has 0 bridgehead atoms. The highest BCUT2D eigenvalue weighted by atomic mass is 35.5. The second kappa shape index (κ2) is 5.55. The molecule has 0 aliphatic heterocycles. The third kappa shape index (κ3) is 3.67. The third-order valence-corrected chi connectivity index (χ3v) is 3.68. The van der Waals surface area contributed by atoms with E-state index in [4.69, 9.17) is 39.5 Å². The summed E-state index contributed by atoms with van der Waals surface area (Å²) in [5.74, 6) is 0.244. The number of hydrogen-bond acceptors (Lipinski definition) is 2. The number of hydrogen-bond donors (Lipinski definition) is 1. The second-order valence-electron chi connectivity index (χ2n) is 4.11. The van der Waals surface area contributed by atoms with Crippen LogP contribution in [0.25, 0.3) is 0 Å². The summed E-state index contributed by atoms with van der Waals surface area (Å²) in [6, 6.07) is 7.09. The van der Waals surface area contributed by atoms with E-state index in [1.165, 1.54) is 0 Å². The number of halogens is 3. The molecule has 1 saturated carbocycles. The lowest BCUT2D eigenvalue weighted by Crippen LogP contribution is -2.30. The molecule has 1 amide bonds. The summed E-state index contributed by atoms with van der Waals surface area (Å²) in [5.41, 5.74) is 0. The van der Waals surface area contributed by atoms with Gasteiger partial charge in [-0.1, -0.05) is 17.7 Å². The number of alkyl halides is 2. The van der Waals surface area contributed by atoms with Crippen molar-refractivity contribution in [3.8, 4) is 5.75 Å². The number of ether oxygens (including phenoxy) is 1. The first kappa shape index (κ1) is 13.8. The van der Waals surface area contributed by atoms with Gasteiger partial charge in [-0.15, -0.1) is 23.2 Å². The quantitative estimate of drug-likeness (QED) is 0.671. The number of carbonyl (C=O) groups is 1. The van der Waals surface area contributed by atoms with Gasteiger partial charge in [0.1, 0.15) is 16.7 Å².